The number of hydrogen-bond donors (Lipinski definition) is 0. The maximum absolute atomic E-state index is 9.75. The van der Waals surface area contributed by atoms with E-state index in [1.54, 1.807) is 0 Å². The molecule has 0 aliphatic heterocycles. The second kappa shape index (κ2) is 7.39. The Bertz CT molecular complexity index is 186. The van der Waals surface area contributed by atoms with Gasteiger partial charge in [0.1, 0.15) is 0 Å². The molecule has 0 radical (unpaired) electrons. The van der Waals surface area contributed by atoms with Gasteiger partial charge in [-0.3, -0.25) is 0 Å². The van der Waals surface area contributed by atoms with E-state index in [1.165, 1.54) is 0 Å². The molecule has 0 saturated carbocycles. The van der Waals surface area contributed by atoms with Crippen LogP contribution in [0, 0.1) is 0 Å². The van der Waals surface area contributed by atoms with Crippen LogP contribution in [0.15, 0.2) is 0 Å². The van der Waals surface area contributed by atoms with Gasteiger partial charge in [-0.15, -0.1) is 11.6 Å². The van der Waals surface area contributed by atoms with E-state index < -0.39 is 20.1 Å². The van der Waals surface area contributed by atoms with Gasteiger partial charge in [0.15, 0.2) is 0 Å². The summed E-state index contributed by atoms with van der Waals surface area (Å²) < 4.78 is 19.5. The molecule has 0 rings (SSSR count). The summed E-state index contributed by atoms with van der Waals surface area (Å²) in [5, 5.41) is 0. The van der Waals surface area contributed by atoms with Gasteiger partial charge in [0.2, 0.25) is 0 Å². The molecule has 0 fully saturated rings. The summed E-state index contributed by atoms with van der Waals surface area (Å²) in [5.74, 6) is 0. The molecule has 6 nitrogen and oxygen atoms in total. The Balaban J connectivity index is -0.000000405. The molecule has 0 aliphatic rings. The molecule has 0 bridgehead atoms. The first-order chi connectivity index (χ1) is 4.15. The number of alkyl halides is 1. The maximum Gasteiger partial charge on any atom is 2.00 e. The van der Waals surface area contributed by atoms with E-state index in [0.29, 0.717) is 0 Å². The second-order valence-electron chi connectivity index (χ2n) is 1.39. The predicted molar refractivity (Wildman–Crippen MR) is 36.4 cm³/mol. The van der Waals surface area contributed by atoms with Crippen LogP contribution in [0.4, 0.5) is 0 Å². The fraction of sp³-hybridized carbons (Fsp3) is 1.00. The third-order valence-electron chi connectivity index (χ3n) is 0.522. The van der Waals surface area contributed by atoms with Crippen molar-refractivity contribution in [3.8, 4) is 0 Å². The molecule has 11 heteroatoms. The van der Waals surface area contributed by atoms with Crippen molar-refractivity contribution < 1.29 is 28.7 Å². The molecule has 0 heterocycles. The van der Waals surface area contributed by atoms with Crippen LogP contribution in [0.3, 0.4) is 0 Å². The summed E-state index contributed by atoms with van der Waals surface area (Å²) in [6.07, 6.45) is 0. The molecule has 0 N–H and O–H groups in total. The zero-order valence-corrected chi connectivity index (χ0v) is 12.7. The van der Waals surface area contributed by atoms with Crippen molar-refractivity contribution in [2.75, 3.05) is 0 Å². The van der Waals surface area contributed by atoms with Gasteiger partial charge in [-0.2, -0.15) is 0 Å². The Hall–Kier alpha value is 3.11. The van der Waals surface area contributed by atoms with Crippen molar-refractivity contribution in [2.45, 2.75) is 4.86 Å². The SMILES string of the molecule is O=P([O-])([O-])C(Cl)P(=O)([O-])[O-].[Ca+2].[Ca+2]. The Labute approximate surface area is 133 Å². The number of rotatable bonds is 2. The zero-order valence-electron chi connectivity index (χ0n) is 5.71. The minimum Gasteiger partial charge on any atom is -0.809 e. The van der Waals surface area contributed by atoms with Gasteiger partial charge in [-0.25, -0.2) is 0 Å². The average molecular weight is 287 g/mol. The molecule has 0 amide bonds. The van der Waals surface area contributed by atoms with Gasteiger partial charge in [-0.1, -0.05) is 0 Å². The van der Waals surface area contributed by atoms with Crippen LogP contribution in [-0.2, 0) is 9.13 Å². The quantitative estimate of drug-likeness (QED) is 0.295. The first-order valence-corrected chi connectivity index (χ1v) is 5.49. The topological polar surface area (TPSA) is 126 Å². The Morgan fingerprint density at radius 3 is 1.08 bits per heavy atom. The molecular formula is CHCa2ClO6P2. The van der Waals surface area contributed by atoms with Crippen LogP contribution in [0.1, 0.15) is 0 Å². The van der Waals surface area contributed by atoms with Crippen LogP contribution < -0.4 is 19.6 Å². The minimum absolute atomic E-state index is 0. The van der Waals surface area contributed by atoms with Gasteiger partial charge in [0, 0.05) is 0 Å². The van der Waals surface area contributed by atoms with E-state index in [9.17, 15) is 28.7 Å². The van der Waals surface area contributed by atoms with Crippen LogP contribution >= 0.6 is 26.8 Å². The van der Waals surface area contributed by atoms with Gasteiger partial charge in [0.05, 0.1) is 4.86 Å². The first kappa shape index (κ1) is 20.5. The molecular weight excluding hydrogens is 286 g/mol. The van der Waals surface area contributed by atoms with E-state index in [0.717, 1.165) is 0 Å². The smallest absolute Gasteiger partial charge is 0.809 e. The van der Waals surface area contributed by atoms with E-state index >= 15 is 0 Å². The standard InChI is InChI=1S/CH5ClO6P2.2Ca/c2-1(9(3,4)5)10(6,7)8;;/h1H,(H2,3,4,5)(H2,6,7,8);;/q;2*+2/p-4. The molecule has 0 saturated heterocycles. The minimum atomic E-state index is -5.50. The van der Waals surface area contributed by atoms with Crippen LogP contribution in [0.2, 0.25) is 0 Å². The van der Waals surface area contributed by atoms with E-state index in [4.69, 9.17) is 0 Å². The molecule has 12 heavy (non-hydrogen) atoms. The first-order valence-electron chi connectivity index (χ1n) is 1.83. The largest absolute Gasteiger partial charge is 2.00 e. The van der Waals surface area contributed by atoms with Crippen LogP contribution in [0.25, 0.3) is 0 Å². The van der Waals surface area contributed by atoms with E-state index in [-0.39, 0.29) is 75.5 Å². The van der Waals surface area contributed by atoms with Crippen molar-refractivity contribution >= 4 is 102 Å². The van der Waals surface area contributed by atoms with Crippen molar-refractivity contribution in [3.05, 3.63) is 0 Å². The predicted octanol–water partition coefficient (Wildman–Crippen LogP) is -3.43. The number of hydrogen-bond acceptors (Lipinski definition) is 6. The summed E-state index contributed by atoms with van der Waals surface area (Å²) >= 11 is 4.46. The summed E-state index contributed by atoms with van der Waals surface area (Å²) in [6, 6.07) is 0. The third-order valence-corrected chi connectivity index (χ3v) is 4.70. The van der Waals surface area contributed by atoms with Gasteiger partial charge in [0.25, 0.3) is 0 Å². The Morgan fingerprint density at radius 2 is 1.08 bits per heavy atom. The maximum atomic E-state index is 9.75. The summed E-state index contributed by atoms with van der Waals surface area (Å²) in [7, 11) is -11.0. The monoisotopic (exact) mass is 286 g/mol. The molecule has 0 aromatic heterocycles. The van der Waals surface area contributed by atoms with Gasteiger partial charge < -0.3 is 28.7 Å². The fourth-order valence-corrected chi connectivity index (χ4v) is 1.56. The summed E-state index contributed by atoms with van der Waals surface area (Å²) in [4.78, 5) is 36.1. The third kappa shape index (κ3) is 8.42. The van der Waals surface area contributed by atoms with Crippen molar-refractivity contribution in [1.29, 1.82) is 0 Å². The van der Waals surface area contributed by atoms with Crippen molar-refractivity contribution in [1.82, 2.24) is 0 Å². The normalized spacial score (nSPS) is 11.8. The van der Waals surface area contributed by atoms with Crippen LogP contribution in [-0.4, -0.2) is 80.3 Å². The molecule has 0 unspecified atom stereocenters. The molecule has 0 aromatic carbocycles. The summed E-state index contributed by atoms with van der Waals surface area (Å²) in [5.41, 5.74) is 0. The molecule has 0 spiro atoms. The fourth-order valence-electron chi connectivity index (χ4n) is 0.173. The Kier molecular flexibility index (Phi) is 12.6. The van der Waals surface area contributed by atoms with Crippen molar-refractivity contribution in [2.24, 2.45) is 0 Å². The molecule has 0 atom stereocenters. The average Bonchev–Trinajstić information content (AvgIpc) is 1.59. The molecule has 0 aromatic rings. The number of halogens is 1. The van der Waals surface area contributed by atoms with Gasteiger partial charge in [-0.05, 0) is 15.2 Å². The Morgan fingerprint density at radius 1 is 0.917 bits per heavy atom. The zero-order chi connectivity index (χ0) is 8.58. The van der Waals surface area contributed by atoms with Crippen molar-refractivity contribution in [3.63, 3.8) is 0 Å². The molecule has 62 valence electrons. The molecule has 0 aliphatic carbocycles. The van der Waals surface area contributed by atoms with E-state index in [2.05, 4.69) is 11.6 Å². The van der Waals surface area contributed by atoms with E-state index in [1.807, 2.05) is 0 Å². The van der Waals surface area contributed by atoms with Crippen LogP contribution in [0.5, 0.6) is 0 Å². The van der Waals surface area contributed by atoms with Gasteiger partial charge >= 0.3 is 75.5 Å². The second-order valence-corrected chi connectivity index (χ2v) is 6.03. The summed E-state index contributed by atoms with van der Waals surface area (Å²) in [6.45, 7) is 0.